The number of hydrogen-bond donors (Lipinski definition) is 3. The van der Waals surface area contributed by atoms with E-state index in [1.165, 1.54) is 13.3 Å². The van der Waals surface area contributed by atoms with E-state index >= 15 is 0 Å². The number of ether oxygens (including phenoxy) is 3. The van der Waals surface area contributed by atoms with Crippen LogP contribution in [0.3, 0.4) is 0 Å². The first-order chi connectivity index (χ1) is 15.8. The lowest BCUT2D eigenvalue weighted by Gasteiger charge is -2.18. The zero-order chi connectivity index (χ0) is 24.2. The number of alkyl carbamates (subject to hydrolysis) is 1. The van der Waals surface area contributed by atoms with Crippen molar-refractivity contribution >= 4 is 46.8 Å². The topological polar surface area (TPSA) is 136 Å². The van der Waals surface area contributed by atoms with Crippen molar-refractivity contribution < 1.29 is 33.7 Å². The number of carbonyl (C=O) groups excluding carboxylic acids is 2. The van der Waals surface area contributed by atoms with Crippen molar-refractivity contribution in [3.63, 3.8) is 0 Å². The van der Waals surface area contributed by atoms with Crippen LogP contribution in [0.15, 0.2) is 47.6 Å². The SMILES string of the molecule is CCOC(=O)N[C@H](CC(=O)N/N=C\c1cc(I)c(OCC(=O)O)c(OC)c1)c1ccccc1. The molecule has 176 valence electrons. The van der Waals surface area contributed by atoms with Crippen LogP contribution in [0, 0.1) is 3.57 Å². The first-order valence-corrected chi connectivity index (χ1v) is 10.9. The molecule has 0 radical (unpaired) electrons. The van der Waals surface area contributed by atoms with Crippen LogP contribution in [0.2, 0.25) is 0 Å². The Bertz CT molecular complexity index is 999. The molecule has 2 aromatic carbocycles. The fourth-order valence-electron chi connectivity index (χ4n) is 2.75. The van der Waals surface area contributed by atoms with E-state index in [4.69, 9.17) is 19.3 Å². The Morgan fingerprint density at radius 1 is 1.21 bits per heavy atom. The van der Waals surface area contributed by atoms with Gasteiger partial charge < -0.3 is 24.6 Å². The van der Waals surface area contributed by atoms with E-state index in [0.717, 1.165) is 5.56 Å². The molecule has 0 fully saturated rings. The van der Waals surface area contributed by atoms with Gasteiger partial charge >= 0.3 is 12.1 Å². The molecule has 1 atom stereocenters. The maximum atomic E-state index is 12.4. The second kappa shape index (κ2) is 13.3. The van der Waals surface area contributed by atoms with Crippen LogP contribution in [0.4, 0.5) is 4.79 Å². The van der Waals surface area contributed by atoms with Gasteiger partial charge in [-0.15, -0.1) is 0 Å². The van der Waals surface area contributed by atoms with E-state index in [0.29, 0.717) is 20.6 Å². The number of methoxy groups -OCH3 is 1. The maximum Gasteiger partial charge on any atom is 0.407 e. The molecule has 0 spiro atoms. The Kier molecular flexibility index (Phi) is 10.4. The molecule has 0 aliphatic heterocycles. The van der Waals surface area contributed by atoms with E-state index in [9.17, 15) is 14.4 Å². The second-order valence-corrected chi connectivity index (χ2v) is 7.70. The summed E-state index contributed by atoms with van der Waals surface area (Å²) in [4.78, 5) is 35.0. The van der Waals surface area contributed by atoms with Crippen molar-refractivity contribution in [3.05, 3.63) is 57.2 Å². The number of nitrogens with zero attached hydrogens (tertiary/aromatic N) is 1. The monoisotopic (exact) mass is 569 g/mol. The third kappa shape index (κ3) is 8.60. The third-order valence-corrected chi connectivity index (χ3v) is 4.95. The minimum atomic E-state index is -1.10. The van der Waals surface area contributed by atoms with Crippen molar-refractivity contribution in [3.8, 4) is 11.5 Å². The van der Waals surface area contributed by atoms with Gasteiger partial charge in [0.25, 0.3) is 0 Å². The van der Waals surface area contributed by atoms with Crippen LogP contribution >= 0.6 is 22.6 Å². The minimum absolute atomic E-state index is 0.0526. The molecule has 2 amide bonds. The molecule has 0 bridgehead atoms. The summed E-state index contributed by atoms with van der Waals surface area (Å²) in [5, 5.41) is 15.4. The van der Waals surface area contributed by atoms with Crippen molar-refractivity contribution in [1.29, 1.82) is 0 Å². The predicted octanol–water partition coefficient (Wildman–Crippen LogP) is 3.09. The lowest BCUT2D eigenvalue weighted by atomic mass is 10.0. The van der Waals surface area contributed by atoms with E-state index in [2.05, 4.69) is 15.8 Å². The number of benzene rings is 2. The lowest BCUT2D eigenvalue weighted by molar-refractivity contribution is -0.139. The molecular weight excluding hydrogens is 545 g/mol. The summed E-state index contributed by atoms with van der Waals surface area (Å²) in [6, 6.07) is 11.8. The number of halogens is 1. The largest absolute Gasteiger partial charge is 0.493 e. The van der Waals surface area contributed by atoms with Crippen LogP contribution in [0.5, 0.6) is 11.5 Å². The normalized spacial score (nSPS) is 11.5. The van der Waals surface area contributed by atoms with Crippen molar-refractivity contribution in [2.24, 2.45) is 5.10 Å². The van der Waals surface area contributed by atoms with Gasteiger partial charge in [0, 0.05) is 0 Å². The van der Waals surface area contributed by atoms with Gasteiger partial charge in [-0.3, -0.25) is 4.79 Å². The average Bonchev–Trinajstić information content (AvgIpc) is 2.78. The van der Waals surface area contributed by atoms with Crippen molar-refractivity contribution in [2.75, 3.05) is 20.3 Å². The molecule has 0 unspecified atom stereocenters. The first kappa shape index (κ1) is 25.9. The molecule has 0 heterocycles. The number of nitrogens with one attached hydrogen (secondary N) is 2. The number of hydrogen-bond acceptors (Lipinski definition) is 7. The lowest BCUT2D eigenvalue weighted by Crippen LogP contribution is -2.33. The summed E-state index contributed by atoms with van der Waals surface area (Å²) >= 11 is 1.99. The Morgan fingerprint density at radius 3 is 2.58 bits per heavy atom. The molecule has 10 nitrogen and oxygen atoms in total. The maximum absolute atomic E-state index is 12.4. The number of hydrazone groups is 1. The molecule has 11 heteroatoms. The predicted molar refractivity (Wildman–Crippen MR) is 129 cm³/mol. The summed E-state index contributed by atoms with van der Waals surface area (Å²) < 4.78 is 16.1. The summed E-state index contributed by atoms with van der Waals surface area (Å²) in [5.41, 5.74) is 3.79. The molecule has 0 saturated heterocycles. The van der Waals surface area contributed by atoms with Gasteiger partial charge in [0.2, 0.25) is 5.91 Å². The first-order valence-electron chi connectivity index (χ1n) is 9.86. The number of amides is 2. The van der Waals surface area contributed by atoms with Gasteiger partial charge in [0.05, 0.1) is 36.0 Å². The molecule has 0 aliphatic carbocycles. The molecule has 2 aromatic rings. The number of carboxylic acid groups (broad SMARTS) is 1. The van der Waals surface area contributed by atoms with Crippen LogP contribution in [0.1, 0.15) is 30.5 Å². The quantitative estimate of drug-likeness (QED) is 0.215. The number of rotatable bonds is 11. The van der Waals surface area contributed by atoms with E-state index in [-0.39, 0.29) is 13.0 Å². The van der Waals surface area contributed by atoms with E-state index in [1.54, 1.807) is 31.2 Å². The van der Waals surface area contributed by atoms with Gasteiger partial charge in [0.1, 0.15) is 0 Å². The number of carbonyl (C=O) groups is 3. The Labute approximate surface area is 204 Å². The Hall–Kier alpha value is -3.35. The zero-order valence-corrected chi connectivity index (χ0v) is 20.2. The molecular formula is C22H24IN3O7. The van der Waals surface area contributed by atoms with Gasteiger partial charge in [-0.2, -0.15) is 5.10 Å². The van der Waals surface area contributed by atoms with Crippen LogP contribution in [-0.4, -0.2) is 49.6 Å². The molecule has 0 aromatic heterocycles. The highest BCUT2D eigenvalue weighted by Crippen LogP contribution is 2.33. The molecule has 3 N–H and O–H groups in total. The fraction of sp³-hybridized carbons (Fsp3) is 0.273. The van der Waals surface area contributed by atoms with E-state index in [1.807, 2.05) is 40.8 Å². The second-order valence-electron chi connectivity index (χ2n) is 6.54. The average molecular weight is 569 g/mol. The molecule has 2 rings (SSSR count). The molecule has 0 saturated carbocycles. The van der Waals surface area contributed by atoms with Crippen molar-refractivity contribution in [1.82, 2.24) is 10.7 Å². The number of aliphatic carboxylic acids is 1. The molecule has 33 heavy (non-hydrogen) atoms. The summed E-state index contributed by atoms with van der Waals surface area (Å²) in [7, 11) is 1.43. The minimum Gasteiger partial charge on any atom is -0.493 e. The smallest absolute Gasteiger partial charge is 0.407 e. The van der Waals surface area contributed by atoms with Crippen LogP contribution in [0.25, 0.3) is 0 Å². The Morgan fingerprint density at radius 2 is 1.94 bits per heavy atom. The van der Waals surface area contributed by atoms with Gasteiger partial charge in [-0.25, -0.2) is 15.0 Å². The summed E-state index contributed by atoms with van der Waals surface area (Å²) in [6.07, 6.45) is 0.748. The van der Waals surface area contributed by atoms with Crippen molar-refractivity contribution in [2.45, 2.75) is 19.4 Å². The van der Waals surface area contributed by atoms with Crippen LogP contribution in [-0.2, 0) is 14.3 Å². The molecule has 0 aliphatic rings. The highest BCUT2D eigenvalue weighted by atomic mass is 127. The highest BCUT2D eigenvalue weighted by molar-refractivity contribution is 14.1. The standard InChI is InChI=1S/C22H24IN3O7/c1-3-32-22(30)25-17(15-7-5-4-6-8-15)11-19(27)26-24-12-14-9-16(23)21(18(10-14)31-2)33-13-20(28)29/h4-10,12,17H,3,11,13H2,1-2H3,(H,25,30)(H,26,27)(H,28,29)/b24-12-/t17-/m1/s1. The highest BCUT2D eigenvalue weighted by Gasteiger charge is 2.19. The van der Waals surface area contributed by atoms with Gasteiger partial charge in [-0.1, -0.05) is 30.3 Å². The Balaban J connectivity index is 2.05. The fourth-order valence-corrected chi connectivity index (χ4v) is 3.53. The summed E-state index contributed by atoms with van der Waals surface area (Å²) in [6.45, 7) is 1.41. The van der Waals surface area contributed by atoms with E-state index < -0.39 is 30.6 Å². The zero-order valence-electron chi connectivity index (χ0n) is 18.0. The third-order valence-electron chi connectivity index (χ3n) is 4.15. The van der Waals surface area contributed by atoms with Gasteiger partial charge in [-0.05, 0) is 52.8 Å². The number of carboxylic acids is 1. The summed E-state index contributed by atoms with van der Waals surface area (Å²) in [5.74, 6) is -0.886. The van der Waals surface area contributed by atoms with Gasteiger partial charge in [0.15, 0.2) is 18.1 Å². The van der Waals surface area contributed by atoms with Crippen LogP contribution < -0.4 is 20.2 Å².